The summed E-state index contributed by atoms with van der Waals surface area (Å²) in [4.78, 5) is 26.1. The summed E-state index contributed by atoms with van der Waals surface area (Å²) in [5.41, 5.74) is 0.755. The average Bonchev–Trinajstić information content (AvgIpc) is 2.70. The summed E-state index contributed by atoms with van der Waals surface area (Å²) >= 11 is 1.52. The molecule has 2 N–H and O–H groups in total. The molecule has 1 aromatic heterocycles. The van der Waals surface area contributed by atoms with Crippen molar-refractivity contribution in [2.45, 2.75) is 32.7 Å². The monoisotopic (exact) mass is 268 g/mol. The molecule has 1 atom stereocenters. The average molecular weight is 268 g/mol. The van der Waals surface area contributed by atoms with Crippen LogP contribution in [0.15, 0.2) is 11.5 Å². The molecule has 1 rings (SSSR count). The van der Waals surface area contributed by atoms with Gasteiger partial charge >= 0.3 is 5.97 Å². The van der Waals surface area contributed by atoms with Crippen molar-refractivity contribution in [1.29, 1.82) is 0 Å². The summed E-state index contributed by atoms with van der Waals surface area (Å²) in [5, 5.41) is 14.0. The number of carbonyl (C=O) groups excluding carboxylic acids is 1. The zero-order valence-corrected chi connectivity index (χ0v) is 11.2. The zero-order chi connectivity index (χ0) is 13.5. The van der Waals surface area contributed by atoms with Gasteiger partial charge < -0.3 is 10.4 Å². The van der Waals surface area contributed by atoms with Crippen LogP contribution < -0.4 is 5.32 Å². The number of aliphatic carboxylic acids is 1. The number of carbonyl (C=O) groups is 2. The molecule has 0 bridgehead atoms. The molecule has 0 aliphatic heterocycles. The fraction of sp³-hybridized carbons (Fsp3) is 0.417. The number of hydrogen-bond donors (Lipinski definition) is 2. The third-order valence-corrected chi connectivity index (χ3v) is 3.01. The van der Waals surface area contributed by atoms with Crippen LogP contribution >= 0.6 is 11.3 Å². The number of thiazole rings is 1. The molecule has 1 unspecified atom stereocenters. The fourth-order valence-electron chi connectivity index (χ4n) is 1.32. The maximum atomic E-state index is 11.5. The molecule has 18 heavy (non-hydrogen) atoms. The van der Waals surface area contributed by atoms with Crippen molar-refractivity contribution in [3.63, 3.8) is 0 Å². The van der Waals surface area contributed by atoms with Crippen LogP contribution in [0.1, 0.15) is 30.5 Å². The van der Waals surface area contributed by atoms with E-state index < -0.39 is 5.97 Å². The Morgan fingerprint density at radius 3 is 2.89 bits per heavy atom. The molecule has 0 spiro atoms. The summed E-state index contributed by atoms with van der Waals surface area (Å²) < 4.78 is 0. The first-order chi connectivity index (χ1) is 8.47. The van der Waals surface area contributed by atoms with Crippen LogP contribution in [0.3, 0.4) is 0 Å². The fourth-order valence-corrected chi connectivity index (χ4v) is 1.90. The number of nitrogens with one attached hydrogen (secondary N) is 1. The highest BCUT2D eigenvalue weighted by Crippen LogP contribution is 2.09. The molecular weight excluding hydrogens is 252 g/mol. The van der Waals surface area contributed by atoms with E-state index in [2.05, 4.69) is 10.3 Å². The van der Waals surface area contributed by atoms with E-state index in [1.807, 2.05) is 12.3 Å². The molecule has 0 aromatic carbocycles. The van der Waals surface area contributed by atoms with E-state index in [0.717, 1.165) is 10.7 Å². The quantitative estimate of drug-likeness (QED) is 0.771. The van der Waals surface area contributed by atoms with Crippen molar-refractivity contribution >= 4 is 29.3 Å². The van der Waals surface area contributed by atoms with Gasteiger partial charge in [-0.15, -0.1) is 11.3 Å². The summed E-state index contributed by atoms with van der Waals surface area (Å²) in [6, 6.07) is -0.157. The van der Waals surface area contributed by atoms with E-state index >= 15 is 0 Å². The summed E-state index contributed by atoms with van der Waals surface area (Å²) in [6.45, 7) is 3.68. The Bertz CT molecular complexity index is 454. The van der Waals surface area contributed by atoms with E-state index in [-0.39, 0.29) is 18.4 Å². The van der Waals surface area contributed by atoms with Crippen LogP contribution in [0.4, 0.5) is 0 Å². The second kappa shape index (κ2) is 6.90. The highest BCUT2D eigenvalue weighted by Gasteiger charge is 2.07. The number of nitrogens with zero attached hydrogens (tertiary/aromatic N) is 1. The minimum atomic E-state index is -0.857. The highest BCUT2D eigenvalue weighted by atomic mass is 32.1. The number of hydrogen-bond acceptors (Lipinski definition) is 4. The van der Waals surface area contributed by atoms with Crippen molar-refractivity contribution in [2.75, 3.05) is 0 Å². The number of carboxylic acid groups (broad SMARTS) is 1. The van der Waals surface area contributed by atoms with Gasteiger partial charge in [0.2, 0.25) is 5.91 Å². The molecule has 6 heteroatoms. The Morgan fingerprint density at radius 1 is 1.61 bits per heavy atom. The number of aromatic nitrogens is 1. The highest BCUT2D eigenvalue weighted by molar-refractivity contribution is 7.09. The first kappa shape index (κ1) is 14.4. The van der Waals surface area contributed by atoms with Crippen LogP contribution in [-0.4, -0.2) is 28.0 Å². The van der Waals surface area contributed by atoms with Gasteiger partial charge in [-0.3, -0.25) is 9.59 Å². The minimum absolute atomic E-state index is 0.0520. The lowest BCUT2D eigenvalue weighted by atomic mass is 10.2. The Kier molecular flexibility index (Phi) is 5.51. The number of aryl methyl sites for hydroxylation is 1. The molecule has 5 nitrogen and oxygen atoms in total. The van der Waals surface area contributed by atoms with Gasteiger partial charge in [0, 0.05) is 23.9 Å². The summed E-state index contributed by atoms with van der Waals surface area (Å²) in [6.07, 6.45) is 3.52. The van der Waals surface area contributed by atoms with Crippen molar-refractivity contribution in [3.05, 3.63) is 22.2 Å². The Labute approximate surface area is 110 Å². The van der Waals surface area contributed by atoms with Gasteiger partial charge in [0.25, 0.3) is 0 Å². The van der Waals surface area contributed by atoms with E-state index in [1.54, 1.807) is 13.0 Å². The Balaban J connectivity index is 2.37. The molecule has 0 aliphatic carbocycles. The standard InChI is InChI=1S/C12H16N2O3S/c1-8(3-6-12(16)17)13-11(15)5-4-10-7-18-9(2)14-10/h4-5,7-8H,3,6H2,1-2H3,(H,13,15)(H,16,17). The van der Waals surface area contributed by atoms with Crippen molar-refractivity contribution in [2.24, 2.45) is 0 Å². The molecule has 0 aliphatic rings. The minimum Gasteiger partial charge on any atom is -0.481 e. The van der Waals surface area contributed by atoms with Gasteiger partial charge in [-0.2, -0.15) is 0 Å². The van der Waals surface area contributed by atoms with Crippen LogP contribution in [0.5, 0.6) is 0 Å². The van der Waals surface area contributed by atoms with Gasteiger partial charge in [-0.25, -0.2) is 4.98 Å². The van der Waals surface area contributed by atoms with E-state index in [0.29, 0.717) is 6.42 Å². The third kappa shape index (κ3) is 5.58. The zero-order valence-electron chi connectivity index (χ0n) is 10.3. The van der Waals surface area contributed by atoms with E-state index in [4.69, 9.17) is 5.11 Å². The summed E-state index contributed by atoms with van der Waals surface area (Å²) in [7, 11) is 0. The lowest BCUT2D eigenvalue weighted by Gasteiger charge is -2.10. The SMILES string of the molecule is Cc1nc(C=CC(=O)NC(C)CCC(=O)O)cs1. The first-order valence-electron chi connectivity index (χ1n) is 5.60. The van der Waals surface area contributed by atoms with Crippen LogP contribution in [0, 0.1) is 6.92 Å². The van der Waals surface area contributed by atoms with Crippen LogP contribution in [-0.2, 0) is 9.59 Å². The van der Waals surface area contributed by atoms with E-state index in [9.17, 15) is 9.59 Å². The molecule has 0 saturated heterocycles. The topological polar surface area (TPSA) is 79.3 Å². The predicted molar refractivity (Wildman–Crippen MR) is 70.4 cm³/mol. The lowest BCUT2D eigenvalue weighted by molar-refractivity contribution is -0.137. The van der Waals surface area contributed by atoms with Gasteiger partial charge in [0.1, 0.15) is 0 Å². The molecule has 1 heterocycles. The van der Waals surface area contributed by atoms with Crippen molar-refractivity contribution < 1.29 is 14.7 Å². The number of amides is 1. The molecule has 0 fully saturated rings. The van der Waals surface area contributed by atoms with Gasteiger partial charge in [-0.1, -0.05) is 0 Å². The molecule has 1 aromatic rings. The normalized spacial score (nSPS) is 12.6. The largest absolute Gasteiger partial charge is 0.481 e. The Morgan fingerprint density at radius 2 is 2.33 bits per heavy atom. The molecular formula is C12H16N2O3S. The summed E-state index contributed by atoms with van der Waals surface area (Å²) in [5.74, 6) is -1.09. The molecule has 0 radical (unpaired) electrons. The van der Waals surface area contributed by atoms with Crippen LogP contribution in [0.25, 0.3) is 6.08 Å². The first-order valence-corrected chi connectivity index (χ1v) is 6.48. The lowest BCUT2D eigenvalue weighted by Crippen LogP contribution is -2.31. The van der Waals surface area contributed by atoms with Gasteiger partial charge in [0.05, 0.1) is 10.7 Å². The van der Waals surface area contributed by atoms with Crippen molar-refractivity contribution in [1.82, 2.24) is 10.3 Å². The Hall–Kier alpha value is -1.69. The van der Waals surface area contributed by atoms with Crippen molar-refractivity contribution in [3.8, 4) is 0 Å². The smallest absolute Gasteiger partial charge is 0.303 e. The molecule has 98 valence electrons. The van der Waals surface area contributed by atoms with Gasteiger partial charge in [-0.05, 0) is 26.3 Å². The second-order valence-corrected chi connectivity index (χ2v) is 5.03. The third-order valence-electron chi connectivity index (χ3n) is 2.22. The predicted octanol–water partition coefficient (Wildman–Crippen LogP) is 1.83. The van der Waals surface area contributed by atoms with Crippen LogP contribution in [0.2, 0.25) is 0 Å². The number of carboxylic acids is 1. The molecule has 1 amide bonds. The maximum Gasteiger partial charge on any atom is 0.303 e. The number of rotatable bonds is 6. The second-order valence-electron chi connectivity index (χ2n) is 3.97. The van der Waals surface area contributed by atoms with Gasteiger partial charge in [0.15, 0.2) is 0 Å². The molecule has 0 saturated carbocycles. The maximum absolute atomic E-state index is 11.5. The van der Waals surface area contributed by atoms with E-state index in [1.165, 1.54) is 17.4 Å².